The van der Waals surface area contributed by atoms with E-state index in [-0.39, 0.29) is 47.3 Å². The third-order valence-corrected chi connectivity index (χ3v) is 15.8. The van der Waals surface area contributed by atoms with E-state index in [1.807, 2.05) is 84.9 Å². The number of nitrogens with one attached hydrogen (secondary N) is 4. The number of benzene rings is 4. The van der Waals surface area contributed by atoms with E-state index in [0.717, 1.165) is 90.1 Å². The van der Waals surface area contributed by atoms with E-state index in [1.165, 1.54) is 9.80 Å². The van der Waals surface area contributed by atoms with E-state index >= 15 is 0 Å². The molecule has 0 aliphatic carbocycles. The van der Waals surface area contributed by atoms with Crippen molar-refractivity contribution < 1.29 is 19.2 Å². The largest absolute Gasteiger partial charge is 0.358 e. The number of hydrogen-bond donors (Lipinski definition) is 4. The van der Waals surface area contributed by atoms with Crippen molar-refractivity contribution in [1.82, 2.24) is 19.9 Å². The zero-order chi connectivity index (χ0) is 51.0. The number of H-pyrrole nitrogens is 4. The maximum atomic E-state index is 14.8. The van der Waals surface area contributed by atoms with Gasteiger partial charge in [0.05, 0.1) is 33.6 Å². The highest BCUT2D eigenvalue weighted by atomic mass is 16.2. The fourth-order valence-electron chi connectivity index (χ4n) is 11.4. The summed E-state index contributed by atoms with van der Waals surface area (Å²) in [7, 11) is 0. The number of fused-ring (bicyclic) bond motifs is 16. The Morgan fingerprint density at radius 1 is 0.333 bits per heavy atom. The SMILES string of the molecule is CC(C)c1cccc(C(C)C)c1N1C(=O)c2cc3c(cc2C1=O)-c1ccc([nH]1)C(C)(C)c1ccc([nH]1)-c1cc2c(cc1-c1ccc([nH]1)C(C)(C)c1ccc-3[nH]1)C(=O)N(c1c(C(C)C)cccc1C(C)C)C2=O. The van der Waals surface area contributed by atoms with Gasteiger partial charge < -0.3 is 19.9 Å². The van der Waals surface area contributed by atoms with Crippen LogP contribution >= 0.6 is 0 Å². The molecule has 4 aromatic heterocycles. The molecule has 3 aliphatic heterocycles. The molecule has 8 aromatic rings. The molecule has 4 N–H and O–H groups in total. The number of carbonyl (C=O) groups is 4. The number of amides is 4. The minimum atomic E-state index is -0.592. The number of nitrogens with zero attached hydrogens (tertiary/aromatic N) is 2. The van der Waals surface area contributed by atoms with Gasteiger partial charge in [0.15, 0.2) is 0 Å². The molecule has 0 saturated heterocycles. The number of anilines is 2. The highest BCUT2D eigenvalue weighted by Gasteiger charge is 2.43. The first-order chi connectivity index (χ1) is 34.2. The number of rotatable bonds is 6. The average Bonchev–Trinajstić information content (AvgIpc) is 4.22. The number of carbonyl (C=O) groups excluding carboxylic acids is 4. The van der Waals surface area contributed by atoms with Gasteiger partial charge in [-0.05, 0) is 146 Å². The molecule has 8 bridgehead atoms. The monoisotopic (exact) mass is 954 g/mol. The topological polar surface area (TPSA) is 138 Å². The highest BCUT2D eigenvalue weighted by Crippen LogP contribution is 2.47. The summed E-state index contributed by atoms with van der Waals surface area (Å²) in [4.78, 5) is 77.2. The second-order valence-corrected chi connectivity index (χ2v) is 22.4. The standard InChI is InChI=1S/C62H62N6O4/c1-31(2)35-15-13-16-36(32(3)4)55(35)67-57(69)43-27-39-40(28-44(43)58(67)70)48-20-24-52(64-48)62(11,12)54-26-22-50(66-54)42-30-46-45(29-41(42)49-21-25-53(65-49)61(9,10)51-23-19-47(39)63-51)59(71)68(60(46)72)56-37(33(5)6)17-14-18-38(56)34(7)8/h13-34,63-66H,1-12H3. The summed E-state index contributed by atoms with van der Waals surface area (Å²) >= 11 is 0. The minimum absolute atomic E-state index is 0.0809. The number of aromatic amines is 4. The van der Waals surface area contributed by atoms with Crippen LogP contribution in [-0.2, 0) is 10.8 Å². The maximum Gasteiger partial charge on any atom is 0.266 e. The minimum Gasteiger partial charge on any atom is -0.358 e. The van der Waals surface area contributed by atoms with Crippen LogP contribution in [0.2, 0.25) is 0 Å². The summed E-state index contributed by atoms with van der Waals surface area (Å²) in [5, 5.41) is 0. The zero-order valence-electron chi connectivity index (χ0n) is 43.2. The van der Waals surface area contributed by atoms with Crippen LogP contribution in [0.25, 0.3) is 45.0 Å². The van der Waals surface area contributed by atoms with Crippen LogP contribution in [0.1, 0.15) is 193 Å². The van der Waals surface area contributed by atoms with Crippen LogP contribution < -0.4 is 9.80 Å². The van der Waals surface area contributed by atoms with Crippen LogP contribution in [0.5, 0.6) is 0 Å². The Kier molecular flexibility index (Phi) is 10.6. The molecule has 0 atom stereocenters. The summed E-state index contributed by atoms with van der Waals surface area (Å²) in [6.07, 6.45) is 0. The molecule has 4 aromatic carbocycles. The maximum absolute atomic E-state index is 14.8. The molecule has 0 fully saturated rings. The molecule has 11 rings (SSSR count). The number of para-hydroxylation sites is 2. The van der Waals surface area contributed by atoms with Gasteiger partial charge in [-0.1, -0.05) is 91.8 Å². The lowest BCUT2D eigenvalue weighted by atomic mass is 9.86. The van der Waals surface area contributed by atoms with Gasteiger partial charge in [0.1, 0.15) is 0 Å². The van der Waals surface area contributed by atoms with Crippen LogP contribution in [0.15, 0.2) is 109 Å². The summed E-state index contributed by atoms with van der Waals surface area (Å²) in [5.41, 5.74) is 15.5. The summed E-state index contributed by atoms with van der Waals surface area (Å²) in [6.45, 7) is 25.3. The Morgan fingerprint density at radius 3 is 0.764 bits per heavy atom. The lowest BCUT2D eigenvalue weighted by molar-refractivity contribution is 0.0909. The first kappa shape index (κ1) is 46.7. The molecular formula is C62H62N6O4. The van der Waals surface area contributed by atoms with Gasteiger partial charge >= 0.3 is 0 Å². The predicted molar refractivity (Wildman–Crippen MR) is 288 cm³/mol. The van der Waals surface area contributed by atoms with E-state index in [4.69, 9.17) is 0 Å². The van der Waals surface area contributed by atoms with Crippen molar-refractivity contribution in [2.45, 2.75) is 118 Å². The molecule has 10 nitrogen and oxygen atoms in total. The fraction of sp³-hybridized carbons (Fsp3) is 0.290. The van der Waals surface area contributed by atoms with Crippen molar-refractivity contribution in [3.63, 3.8) is 0 Å². The molecule has 10 heteroatoms. The van der Waals surface area contributed by atoms with Gasteiger partial charge in [0.2, 0.25) is 0 Å². The molecule has 7 heterocycles. The van der Waals surface area contributed by atoms with Gasteiger partial charge in [0, 0.05) is 78.6 Å². The van der Waals surface area contributed by atoms with Crippen LogP contribution in [0.4, 0.5) is 11.4 Å². The Balaban J connectivity index is 1.08. The molecule has 0 saturated carbocycles. The van der Waals surface area contributed by atoms with Gasteiger partial charge in [0.25, 0.3) is 23.6 Å². The van der Waals surface area contributed by atoms with Gasteiger partial charge in [-0.2, -0.15) is 0 Å². The van der Waals surface area contributed by atoms with Gasteiger partial charge in [-0.3, -0.25) is 19.2 Å². The van der Waals surface area contributed by atoms with Crippen LogP contribution in [0.3, 0.4) is 0 Å². The molecule has 4 amide bonds. The molecule has 0 radical (unpaired) electrons. The normalized spacial score (nSPS) is 15.7. The summed E-state index contributed by atoms with van der Waals surface area (Å²) < 4.78 is 0. The predicted octanol–water partition coefficient (Wildman–Crippen LogP) is 14.7. The lowest BCUT2D eigenvalue weighted by Gasteiger charge is -2.25. The van der Waals surface area contributed by atoms with Crippen molar-refractivity contribution in [1.29, 1.82) is 0 Å². The van der Waals surface area contributed by atoms with Gasteiger partial charge in [-0.15, -0.1) is 0 Å². The highest BCUT2D eigenvalue weighted by molar-refractivity contribution is 6.36. The van der Waals surface area contributed by atoms with E-state index in [9.17, 15) is 19.2 Å². The quantitative estimate of drug-likeness (QED) is 0.123. The molecule has 0 spiro atoms. The third kappa shape index (κ3) is 6.89. The smallest absolute Gasteiger partial charge is 0.266 e. The first-order valence-corrected chi connectivity index (χ1v) is 25.4. The fourth-order valence-corrected chi connectivity index (χ4v) is 11.4. The van der Waals surface area contributed by atoms with Crippen LogP contribution in [-0.4, -0.2) is 43.6 Å². The Hall–Kier alpha value is -7.72. The van der Waals surface area contributed by atoms with Crippen molar-refractivity contribution in [3.05, 3.63) is 176 Å². The first-order valence-electron chi connectivity index (χ1n) is 25.4. The van der Waals surface area contributed by atoms with Crippen molar-refractivity contribution >= 4 is 35.0 Å². The Labute approximate surface area is 421 Å². The van der Waals surface area contributed by atoms with Crippen LogP contribution in [0, 0.1) is 0 Å². The number of imide groups is 2. The molecular weight excluding hydrogens is 893 g/mol. The van der Waals surface area contributed by atoms with Crippen molar-refractivity contribution in [2.24, 2.45) is 0 Å². The molecule has 0 unspecified atom stereocenters. The Morgan fingerprint density at radius 2 is 0.556 bits per heavy atom. The third-order valence-electron chi connectivity index (χ3n) is 15.8. The Bertz CT molecular complexity index is 3150. The van der Waals surface area contributed by atoms with E-state index in [0.29, 0.717) is 33.6 Å². The van der Waals surface area contributed by atoms with Crippen molar-refractivity contribution in [3.8, 4) is 45.0 Å². The summed E-state index contributed by atoms with van der Waals surface area (Å²) in [6, 6.07) is 36.2. The zero-order valence-corrected chi connectivity index (χ0v) is 43.2. The van der Waals surface area contributed by atoms with E-state index < -0.39 is 10.8 Å². The average molecular weight is 955 g/mol. The molecule has 3 aliphatic rings. The van der Waals surface area contributed by atoms with E-state index in [1.54, 1.807) is 0 Å². The molecule has 364 valence electrons. The van der Waals surface area contributed by atoms with Crippen molar-refractivity contribution in [2.75, 3.05) is 9.80 Å². The summed E-state index contributed by atoms with van der Waals surface area (Å²) in [5.74, 6) is -1.01. The molecule has 72 heavy (non-hydrogen) atoms. The second-order valence-electron chi connectivity index (χ2n) is 22.4. The van der Waals surface area contributed by atoms with E-state index in [2.05, 4.69) is 127 Å². The lowest BCUT2D eigenvalue weighted by Crippen LogP contribution is -2.31. The number of hydrogen-bond acceptors (Lipinski definition) is 4. The second kappa shape index (κ2) is 16.4. The van der Waals surface area contributed by atoms with Gasteiger partial charge in [-0.25, -0.2) is 9.80 Å². The number of aromatic nitrogens is 4.